The maximum atomic E-state index is 11.8. The SMILES string of the molecule is Cc1cc(C2Oc3cc(O)c(C4c5c(O)cc(O)cc5OC(c5cc(C)c(O)c(C)c5)C4O)c(O)c3CC2O)cc(C)c1O. The quantitative estimate of drug-likeness (QED) is 0.162. The first-order chi connectivity index (χ1) is 20.8. The molecule has 8 N–H and O–H groups in total. The molecule has 0 saturated heterocycles. The van der Waals surface area contributed by atoms with E-state index in [0.29, 0.717) is 33.4 Å². The summed E-state index contributed by atoms with van der Waals surface area (Å²) in [7, 11) is 0. The molecule has 230 valence electrons. The Balaban J connectivity index is 1.48. The van der Waals surface area contributed by atoms with E-state index in [0.717, 1.165) is 6.07 Å². The van der Waals surface area contributed by atoms with Gasteiger partial charge in [-0.1, -0.05) is 0 Å². The lowest BCUT2D eigenvalue weighted by Crippen LogP contribution is -2.36. The van der Waals surface area contributed by atoms with E-state index in [1.54, 1.807) is 52.0 Å². The molecule has 5 atom stereocenters. The third-order valence-electron chi connectivity index (χ3n) is 8.72. The number of rotatable bonds is 3. The van der Waals surface area contributed by atoms with E-state index >= 15 is 0 Å². The van der Waals surface area contributed by atoms with Crippen LogP contribution in [0.1, 0.15) is 68.2 Å². The lowest BCUT2D eigenvalue weighted by Gasteiger charge is -2.39. The van der Waals surface area contributed by atoms with Crippen molar-refractivity contribution in [2.24, 2.45) is 0 Å². The molecule has 0 spiro atoms. The van der Waals surface area contributed by atoms with Crippen molar-refractivity contribution in [2.45, 2.75) is 64.4 Å². The summed E-state index contributed by atoms with van der Waals surface area (Å²) in [6.45, 7) is 6.87. The van der Waals surface area contributed by atoms with Crippen molar-refractivity contribution in [1.29, 1.82) is 0 Å². The van der Waals surface area contributed by atoms with Crippen LogP contribution in [0.5, 0.6) is 46.0 Å². The fraction of sp³-hybridized carbons (Fsp3) is 0.294. The van der Waals surface area contributed by atoms with Crippen LogP contribution >= 0.6 is 0 Å². The molecule has 2 heterocycles. The van der Waals surface area contributed by atoms with Gasteiger partial charge in [0.25, 0.3) is 0 Å². The minimum atomic E-state index is -1.47. The highest BCUT2D eigenvalue weighted by Gasteiger charge is 2.45. The lowest BCUT2D eigenvalue weighted by atomic mass is 9.77. The van der Waals surface area contributed by atoms with Gasteiger partial charge >= 0.3 is 0 Å². The molecule has 0 bridgehead atoms. The molecule has 10 heteroatoms. The predicted octanol–water partition coefficient (Wildman–Crippen LogP) is 4.82. The minimum absolute atomic E-state index is 0.0251. The van der Waals surface area contributed by atoms with Gasteiger partial charge in [-0.05, 0) is 85.3 Å². The number of hydrogen-bond acceptors (Lipinski definition) is 10. The molecule has 0 aliphatic carbocycles. The zero-order chi connectivity index (χ0) is 31.8. The Kier molecular flexibility index (Phi) is 6.94. The fourth-order valence-corrected chi connectivity index (χ4v) is 6.57. The first-order valence-corrected chi connectivity index (χ1v) is 14.2. The topological polar surface area (TPSA) is 180 Å². The van der Waals surface area contributed by atoms with Crippen LogP contribution in [0.2, 0.25) is 0 Å². The van der Waals surface area contributed by atoms with Gasteiger partial charge in [-0.15, -0.1) is 0 Å². The van der Waals surface area contributed by atoms with Gasteiger partial charge < -0.3 is 50.3 Å². The number of phenols is 6. The Labute approximate surface area is 253 Å². The maximum Gasteiger partial charge on any atom is 0.150 e. The number of aliphatic hydroxyl groups is 2. The Morgan fingerprint density at radius 1 is 0.568 bits per heavy atom. The van der Waals surface area contributed by atoms with Gasteiger partial charge in [0.15, 0.2) is 6.10 Å². The molecular formula is C34H34O10. The fourth-order valence-electron chi connectivity index (χ4n) is 6.57. The van der Waals surface area contributed by atoms with Gasteiger partial charge in [-0.2, -0.15) is 0 Å². The summed E-state index contributed by atoms with van der Waals surface area (Å²) in [6.07, 6.45) is -4.58. The van der Waals surface area contributed by atoms with Crippen molar-refractivity contribution in [3.8, 4) is 46.0 Å². The predicted molar refractivity (Wildman–Crippen MR) is 159 cm³/mol. The number of phenolic OH excluding ortho intramolecular Hbond substituents is 6. The molecule has 0 fully saturated rings. The number of aromatic hydroxyl groups is 6. The number of fused-ring (bicyclic) bond motifs is 2. The van der Waals surface area contributed by atoms with Gasteiger partial charge in [-0.25, -0.2) is 0 Å². The molecule has 0 amide bonds. The van der Waals surface area contributed by atoms with Crippen LogP contribution in [-0.2, 0) is 6.42 Å². The number of aliphatic hydroxyl groups excluding tert-OH is 2. The van der Waals surface area contributed by atoms with Gasteiger partial charge in [0.2, 0.25) is 0 Å². The summed E-state index contributed by atoms with van der Waals surface area (Å²) in [5.74, 6) is -2.46. The molecule has 4 aromatic rings. The number of hydrogen-bond donors (Lipinski definition) is 8. The molecule has 2 aliphatic heterocycles. The molecule has 0 saturated carbocycles. The molecule has 10 nitrogen and oxygen atoms in total. The van der Waals surface area contributed by atoms with Crippen molar-refractivity contribution in [2.75, 3.05) is 0 Å². The van der Waals surface area contributed by atoms with E-state index in [2.05, 4.69) is 0 Å². The summed E-state index contributed by atoms with van der Waals surface area (Å²) < 4.78 is 12.2. The van der Waals surface area contributed by atoms with E-state index < -0.39 is 47.6 Å². The Hall–Kier alpha value is -4.80. The van der Waals surface area contributed by atoms with Crippen molar-refractivity contribution in [3.63, 3.8) is 0 Å². The summed E-state index contributed by atoms with van der Waals surface area (Å²) in [5.41, 5.74) is 3.50. The highest BCUT2D eigenvalue weighted by molar-refractivity contribution is 5.65. The zero-order valence-electron chi connectivity index (χ0n) is 24.5. The van der Waals surface area contributed by atoms with Crippen molar-refractivity contribution in [3.05, 3.63) is 92.5 Å². The number of ether oxygens (including phenoxy) is 2. The van der Waals surface area contributed by atoms with Crippen LogP contribution in [-0.4, -0.2) is 53.1 Å². The molecular weight excluding hydrogens is 568 g/mol. The van der Waals surface area contributed by atoms with Crippen molar-refractivity contribution < 1.29 is 50.3 Å². The first-order valence-electron chi connectivity index (χ1n) is 14.2. The van der Waals surface area contributed by atoms with Crippen LogP contribution in [0.4, 0.5) is 0 Å². The first kappa shape index (κ1) is 29.3. The number of aryl methyl sites for hydroxylation is 4. The normalized spacial score (nSPS) is 22.5. The summed E-state index contributed by atoms with van der Waals surface area (Å²) in [6, 6.07) is 10.3. The van der Waals surface area contributed by atoms with E-state index in [-0.39, 0.29) is 51.9 Å². The molecule has 4 aromatic carbocycles. The van der Waals surface area contributed by atoms with E-state index in [1.807, 2.05) is 0 Å². The van der Waals surface area contributed by atoms with Gasteiger partial charge in [0.1, 0.15) is 58.2 Å². The summed E-state index contributed by atoms with van der Waals surface area (Å²) in [5, 5.41) is 87.6. The summed E-state index contributed by atoms with van der Waals surface area (Å²) >= 11 is 0. The van der Waals surface area contributed by atoms with Crippen LogP contribution in [0.15, 0.2) is 42.5 Å². The van der Waals surface area contributed by atoms with E-state index in [4.69, 9.17) is 9.47 Å². The second-order valence-corrected chi connectivity index (χ2v) is 11.8. The zero-order valence-corrected chi connectivity index (χ0v) is 24.5. The molecule has 0 aromatic heterocycles. The van der Waals surface area contributed by atoms with Crippen LogP contribution in [0.25, 0.3) is 0 Å². The van der Waals surface area contributed by atoms with Crippen LogP contribution in [0.3, 0.4) is 0 Å². The van der Waals surface area contributed by atoms with Gasteiger partial charge in [0.05, 0.1) is 12.0 Å². The Morgan fingerprint density at radius 3 is 1.64 bits per heavy atom. The van der Waals surface area contributed by atoms with E-state index in [9.17, 15) is 40.9 Å². The molecule has 6 rings (SSSR count). The van der Waals surface area contributed by atoms with Gasteiger partial charge in [0, 0.05) is 41.3 Å². The molecule has 5 unspecified atom stereocenters. The van der Waals surface area contributed by atoms with Gasteiger partial charge in [-0.3, -0.25) is 0 Å². The molecule has 44 heavy (non-hydrogen) atoms. The maximum absolute atomic E-state index is 11.8. The number of benzene rings is 4. The third kappa shape index (κ3) is 4.58. The average molecular weight is 603 g/mol. The highest BCUT2D eigenvalue weighted by Crippen LogP contribution is 2.56. The monoisotopic (exact) mass is 602 g/mol. The molecule has 0 radical (unpaired) electrons. The second-order valence-electron chi connectivity index (χ2n) is 11.8. The molecule has 2 aliphatic rings. The average Bonchev–Trinajstić information content (AvgIpc) is 2.95. The lowest BCUT2D eigenvalue weighted by molar-refractivity contribution is 0.00577. The van der Waals surface area contributed by atoms with Crippen molar-refractivity contribution in [1.82, 2.24) is 0 Å². The highest BCUT2D eigenvalue weighted by atomic mass is 16.5. The third-order valence-corrected chi connectivity index (χ3v) is 8.72. The van der Waals surface area contributed by atoms with E-state index in [1.165, 1.54) is 12.1 Å². The Morgan fingerprint density at radius 2 is 1.07 bits per heavy atom. The minimum Gasteiger partial charge on any atom is -0.508 e. The summed E-state index contributed by atoms with van der Waals surface area (Å²) in [4.78, 5) is 0. The van der Waals surface area contributed by atoms with Crippen LogP contribution < -0.4 is 9.47 Å². The Bertz CT molecular complexity index is 1770. The van der Waals surface area contributed by atoms with Crippen molar-refractivity contribution >= 4 is 0 Å². The standard InChI is InChI=1S/C34H34O10/c1-13-5-17(6-14(2)29(13)39)33-23(38)11-20-24(43-33)12-22(37)27(31(20)41)28-26-21(36)9-19(35)10-25(26)44-34(32(28)42)18-7-15(3)30(40)16(4)8-18/h5-10,12,23,28,32-42H,11H2,1-4H3. The largest absolute Gasteiger partial charge is 0.508 e. The smallest absolute Gasteiger partial charge is 0.150 e. The second kappa shape index (κ2) is 10.4. The van der Waals surface area contributed by atoms with Crippen LogP contribution in [0, 0.1) is 27.7 Å².